The van der Waals surface area contributed by atoms with Gasteiger partial charge in [0.2, 0.25) is 5.91 Å². The van der Waals surface area contributed by atoms with Crippen LogP contribution in [0.3, 0.4) is 0 Å². The highest BCUT2D eigenvalue weighted by atomic mass is 16.3. The second kappa shape index (κ2) is 25.7. The summed E-state index contributed by atoms with van der Waals surface area (Å²) in [6.45, 7) is 6.28. The highest BCUT2D eigenvalue weighted by molar-refractivity contribution is 5.75. The summed E-state index contributed by atoms with van der Waals surface area (Å²) >= 11 is 0. The van der Waals surface area contributed by atoms with E-state index in [0.29, 0.717) is 18.7 Å². The first-order valence-corrected chi connectivity index (χ1v) is 14.2. The highest BCUT2D eigenvalue weighted by Gasteiger charge is 2.08. The molecular formula is C28H56N2O3. The number of hydrogen-bond acceptors (Lipinski definition) is 4. The Labute approximate surface area is 205 Å². The summed E-state index contributed by atoms with van der Waals surface area (Å²) in [5, 5.41) is 9.31. The van der Waals surface area contributed by atoms with E-state index in [9.17, 15) is 14.7 Å². The summed E-state index contributed by atoms with van der Waals surface area (Å²) in [5.74, 6) is 0.307. The van der Waals surface area contributed by atoms with Crippen molar-refractivity contribution in [1.82, 2.24) is 9.80 Å². The molecule has 5 nitrogen and oxygen atoms in total. The standard InChI is InChI=1S/C28H56N2O3/c1-3-4-5-6-7-12-17-22-29(2)28(33)21-16-11-10-14-19-24-30(25-27-32)23-18-13-8-9-15-20-26-31/h26,32H,3-25,27H2,1-2H3. The third-order valence-corrected chi connectivity index (χ3v) is 6.60. The van der Waals surface area contributed by atoms with E-state index in [1.807, 2.05) is 11.9 Å². The largest absolute Gasteiger partial charge is 0.395 e. The van der Waals surface area contributed by atoms with Crippen LogP contribution >= 0.6 is 0 Å². The van der Waals surface area contributed by atoms with Gasteiger partial charge in [0.05, 0.1) is 6.61 Å². The minimum Gasteiger partial charge on any atom is -0.395 e. The van der Waals surface area contributed by atoms with E-state index in [0.717, 1.165) is 64.6 Å². The fourth-order valence-electron chi connectivity index (χ4n) is 4.33. The van der Waals surface area contributed by atoms with Gasteiger partial charge in [-0.3, -0.25) is 4.79 Å². The van der Waals surface area contributed by atoms with E-state index in [1.54, 1.807) is 0 Å². The summed E-state index contributed by atoms with van der Waals surface area (Å²) in [6, 6.07) is 0. The Hall–Kier alpha value is -0.940. The normalized spacial score (nSPS) is 11.3. The fraction of sp³-hybridized carbons (Fsp3) is 0.929. The molecule has 1 N–H and O–H groups in total. The predicted octanol–water partition coefficient (Wildman–Crippen LogP) is 6.37. The average Bonchev–Trinajstić information content (AvgIpc) is 2.81. The van der Waals surface area contributed by atoms with E-state index >= 15 is 0 Å². The van der Waals surface area contributed by atoms with Crippen LogP contribution < -0.4 is 0 Å². The quantitative estimate of drug-likeness (QED) is 0.118. The molecule has 0 atom stereocenters. The molecule has 0 saturated heterocycles. The van der Waals surface area contributed by atoms with Crippen LogP contribution in [0.5, 0.6) is 0 Å². The molecule has 0 saturated carbocycles. The maximum Gasteiger partial charge on any atom is 0.222 e. The lowest BCUT2D eigenvalue weighted by atomic mass is 10.1. The van der Waals surface area contributed by atoms with Gasteiger partial charge in [-0.15, -0.1) is 0 Å². The number of carbonyl (C=O) groups excluding carboxylic acids is 2. The van der Waals surface area contributed by atoms with Gasteiger partial charge in [0.15, 0.2) is 0 Å². The molecule has 0 aromatic heterocycles. The molecular weight excluding hydrogens is 412 g/mol. The molecule has 0 rings (SSSR count). The lowest BCUT2D eigenvalue weighted by Gasteiger charge is -2.21. The molecule has 0 bridgehead atoms. The van der Waals surface area contributed by atoms with Crippen LogP contribution in [-0.4, -0.2) is 66.9 Å². The first kappa shape index (κ1) is 32.1. The summed E-state index contributed by atoms with van der Waals surface area (Å²) in [7, 11) is 1.96. The van der Waals surface area contributed by atoms with Gasteiger partial charge in [0, 0.05) is 33.0 Å². The molecule has 1 amide bonds. The van der Waals surface area contributed by atoms with Gasteiger partial charge in [0.25, 0.3) is 0 Å². The van der Waals surface area contributed by atoms with Crippen LogP contribution in [0.25, 0.3) is 0 Å². The zero-order chi connectivity index (χ0) is 24.4. The molecule has 196 valence electrons. The third kappa shape index (κ3) is 22.6. The van der Waals surface area contributed by atoms with E-state index in [2.05, 4.69) is 11.8 Å². The first-order valence-electron chi connectivity index (χ1n) is 14.2. The van der Waals surface area contributed by atoms with Crippen molar-refractivity contribution in [3.63, 3.8) is 0 Å². The minimum atomic E-state index is 0.230. The zero-order valence-corrected chi connectivity index (χ0v) is 22.2. The van der Waals surface area contributed by atoms with Crippen molar-refractivity contribution in [3.05, 3.63) is 0 Å². The zero-order valence-electron chi connectivity index (χ0n) is 22.2. The molecule has 5 heteroatoms. The maximum absolute atomic E-state index is 12.3. The molecule has 0 aliphatic heterocycles. The third-order valence-electron chi connectivity index (χ3n) is 6.60. The molecule has 33 heavy (non-hydrogen) atoms. The van der Waals surface area contributed by atoms with Crippen molar-refractivity contribution in [2.24, 2.45) is 0 Å². The Bertz CT molecular complexity index is 431. The van der Waals surface area contributed by atoms with Crippen molar-refractivity contribution < 1.29 is 14.7 Å². The number of aliphatic hydroxyl groups is 1. The Balaban J connectivity index is 3.61. The number of rotatable bonds is 26. The maximum atomic E-state index is 12.3. The minimum absolute atomic E-state index is 0.230. The van der Waals surface area contributed by atoms with Gasteiger partial charge >= 0.3 is 0 Å². The number of aldehydes is 1. The SMILES string of the molecule is CCCCCCCCCN(C)C(=O)CCCCCCCN(CCO)CCCCCCCC=O. The molecule has 0 aromatic rings. The fourth-order valence-corrected chi connectivity index (χ4v) is 4.33. The number of unbranched alkanes of at least 4 members (excludes halogenated alkanes) is 15. The lowest BCUT2D eigenvalue weighted by Crippen LogP contribution is -2.29. The first-order chi connectivity index (χ1) is 16.2. The van der Waals surface area contributed by atoms with Crippen LogP contribution in [0.15, 0.2) is 0 Å². The molecule has 0 aliphatic carbocycles. The van der Waals surface area contributed by atoms with E-state index in [4.69, 9.17) is 0 Å². The molecule has 0 radical (unpaired) electrons. The molecule has 0 aliphatic rings. The van der Waals surface area contributed by atoms with Crippen molar-refractivity contribution in [2.45, 2.75) is 129 Å². The molecule has 0 heterocycles. The highest BCUT2D eigenvalue weighted by Crippen LogP contribution is 2.11. The molecule has 0 unspecified atom stereocenters. The Morgan fingerprint density at radius 1 is 0.667 bits per heavy atom. The molecule has 0 spiro atoms. The Morgan fingerprint density at radius 2 is 1.15 bits per heavy atom. The van der Waals surface area contributed by atoms with Crippen LogP contribution in [-0.2, 0) is 9.59 Å². The van der Waals surface area contributed by atoms with Crippen LogP contribution in [0.2, 0.25) is 0 Å². The summed E-state index contributed by atoms with van der Waals surface area (Å²) in [4.78, 5) is 26.9. The monoisotopic (exact) mass is 468 g/mol. The van der Waals surface area contributed by atoms with E-state index in [1.165, 1.54) is 77.0 Å². The van der Waals surface area contributed by atoms with Gasteiger partial charge in [-0.05, 0) is 45.2 Å². The predicted molar refractivity (Wildman–Crippen MR) is 141 cm³/mol. The number of nitrogens with zero attached hydrogens (tertiary/aromatic N) is 2. The van der Waals surface area contributed by atoms with Crippen molar-refractivity contribution >= 4 is 12.2 Å². The van der Waals surface area contributed by atoms with Crippen molar-refractivity contribution in [2.75, 3.05) is 39.8 Å². The van der Waals surface area contributed by atoms with E-state index in [-0.39, 0.29) is 6.61 Å². The van der Waals surface area contributed by atoms with Crippen molar-refractivity contribution in [3.8, 4) is 0 Å². The smallest absolute Gasteiger partial charge is 0.222 e. The second-order valence-corrected chi connectivity index (χ2v) is 9.74. The van der Waals surface area contributed by atoms with Crippen LogP contribution in [0.4, 0.5) is 0 Å². The van der Waals surface area contributed by atoms with Gasteiger partial charge in [-0.1, -0.05) is 84.0 Å². The molecule has 0 aromatic carbocycles. The van der Waals surface area contributed by atoms with E-state index < -0.39 is 0 Å². The lowest BCUT2D eigenvalue weighted by molar-refractivity contribution is -0.130. The van der Waals surface area contributed by atoms with Crippen LogP contribution in [0.1, 0.15) is 129 Å². The van der Waals surface area contributed by atoms with Gasteiger partial charge in [0.1, 0.15) is 6.29 Å². The topological polar surface area (TPSA) is 60.9 Å². The van der Waals surface area contributed by atoms with Crippen LogP contribution in [0, 0.1) is 0 Å². The van der Waals surface area contributed by atoms with Gasteiger partial charge < -0.3 is 19.7 Å². The second-order valence-electron chi connectivity index (χ2n) is 9.74. The summed E-state index contributed by atoms with van der Waals surface area (Å²) in [5.41, 5.74) is 0. The van der Waals surface area contributed by atoms with Gasteiger partial charge in [-0.25, -0.2) is 0 Å². The Kier molecular flexibility index (Phi) is 24.9. The van der Waals surface area contributed by atoms with Crippen molar-refractivity contribution in [1.29, 1.82) is 0 Å². The Morgan fingerprint density at radius 3 is 1.70 bits per heavy atom. The average molecular weight is 469 g/mol. The summed E-state index contributed by atoms with van der Waals surface area (Å²) < 4.78 is 0. The number of amides is 1. The molecule has 0 fully saturated rings. The number of carbonyl (C=O) groups is 2. The number of hydrogen-bond donors (Lipinski definition) is 1. The summed E-state index contributed by atoms with van der Waals surface area (Å²) in [6.07, 6.45) is 22.9. The number of aliphatic hydroxyl groups excluding tert-OH is 1. The van der Waals surface area contributed by atoms with Gasteiger partial charge in [-0.2, -0.15) is 0 Å².